The van der Waals surface area contributed by atoms with Crippen molar-refractivity contribution < 1.29 is 12.8 Å². The Bertz CT molecular complexity index is 1260. The van der Waals surface area contributed by atoms with Crippen LogP contribution in [0.25, 0.3) is 21.7 Å². The standard InChI is InChI=1S/C18H12N2O4S/c21-18-7-4-13-10-14(5-6-16(13)24-18)20-25(22,23)17-3-1-2-12-8-9-19-11-15(12)17/h1-11,20H. The van der Waals surface area contributed by atoms with E-state index in [0.717, 1.165) is 5.39 Å². The molecular weight excluding hydrogens is 340 g/mol. The van der Waals surface area contributed by atoms with E-state index in [-0.39, 0.29) is 4.90 Å². The SMILES string of the molecule is O=c1ccc2cc(NS(=O)(=O)c3cccc4ccncc34)ccc2o1. The molecule has 124 valence electrons. The monoisotopic (exact) mass is 352 g/mol. The van der Waals surface area contributed by atoms with Crippen LogP contribution >= 0.6 is 0 Å². The lowest BCUT2D eigenvalue weighted by molar-refractivity contribution is 0.561. The number of hydrogen-bond acceptors (Lipinski definition) is 5. The van der Waals surface area contributed by atoms with Gasteiger partial charge in [-0.1, -0.05) is 12.1 Å². The van der Waals surface area contributed by atoms with E-state index in [2.05, 4.69) is 9.71 Å². The number of pyridine rings is 1. The fourth-order valence-corrected chi connectivity index (χ4v) is 3.93. The van der Waals surface area contributed by atoms with E-state index >= 15 is 0 Å². The molecule has 7 heteroatoms. The van der Waals surface area contributed by atoms with Gasteiger partial charge in [0.05, 0.1) is 4.90 Å². The maximum atomic E-state index is 12.8. The molecular formula is C18H12N2O4S. The van der Waals surface area contributed by atoms with Crippen LogP contribution in [-0.4, -0.2) is 13.4 Å². The number of anilines is 1. The number of benzene rings is 2. The van der Waals surface area contributed by atoms with Gasteiger partial charge in [-0.05, 0) is 41.8 Å². The van der Waals surface area contributed by atoms with Gasteiger partial charge in [0.2, 0.25) is 0 Å². The summed E-state index contributed by atoms with van der Waals surface area (Å²) < 4.78 is 33.2. The van der Waals surface area contributed by atoms with Crippen molar-refractivity contribution >= 4 is 37.5 Å². The van der Waals surface area contributed by atoms with E-state index in [1.807, 2.05) is 6.07 Å². The van der Waals surface area contributed by atoms with Gasteiger partial charge < -0.3 is 4.42 Å². The minimum atomic E-state index is -3.80. The third-order valence-corrected chi connectivity index (χ3v) is 5.24. The quantitative estimate of drug-likeness (QED) is 0.572. The van der Waals surface area contributed by atoms with Crippen LogP contribution in [0.3, 0.4) is 0 Å². The summed E-state index contributed by atoms with van der Waals surface area (Å²) in [5, 5.41) is 1.96. The van der Waals surface area contributed by atoms with Crippen molar-refractivity contribution in [2.75, 3.05) is 4.72 Å². The summed E-state index contributed by atoms with van der Waals surface area (Å²) in [5.41, 5.74) is 0.316. The van der Waals surface area contributed by atoms with Gasteiger partial charge in [-0.3, -0.25) is 9.71 Å². The first-order chi connectivity index (χ1) is 12.0. The van der Waals surface area contributed by atoms with Crippen molar-refractivity contribution in [3.05, 3.63) is 77.4 Å². The van der Waals surface area contributed by atoms with Crippen molar-refractivity contribution in [1.29, 1.82) is 0 Å². The van der Waals surface area contributed by atoms with Gasteiger partial charge in [-0.25, -0.2) is 13.2 Å². The first-order valence-corrected chi connectivity index (χ1v) is 8.91. The van der Waals surface area contributed by atoms with Gasteiger partial charge in [0, 0.05) is 34.9 Å². The fourth-order valence-electron chi connectivity index (χ4n) is 2.67. The molecule has 2 aromatic heterocycles. The highest BCUT2D eigenvalue weighted by Gasteiger charge is 2.17. The third-order valence-electron chi connectivity index (χ3n) is 3.80. The van der Waals surface area contributed by atoms with Gasteiger partial charge >= 0.3 is 5.63 Å². The molecule has 0 aliphatic heterocycles. The number of hydrogen-bond donors (Lipinski definition) is 1. The van der Waals surface area contributed by atoms with Crippen LogP contribution < -0.4 is 10.3 Å². The minimum absolute atomic E-state index is 0.151. The van der Waals surface area contributed by atoms with Crippen LogP contribution in [0.1, 0.15) is 0 Å². The lowest BCUT2D eigenvalue weighted by atomic mass is 10.2. The molecule has 25 heavy (non-hydrogen) atoms. The predicted octanol–water partition coefficient (Wildman–Crippen LogP) is 3.14. The van der Waals surface area contributed by atoms with Crippen LogP contribution in [0.5, 0.6) is 0 Å². The maximum Gasteiger partial charge on any atom is 0.336 e. The van der Waals surface area contributed by atoms with Gasteiger partial charge in [0.1, 0.15) is 5.58 Å². The first kappa shape index (κ1) is 15.3. The lowest BCUT2D eigenvalue weighted by Crippen LogP contribution is -2.13. The van der Waals surface area contributed by atoms with Crippen molar-refractivity contribution in [3.63, 3.8) is 0 Å². The number of nitrogens with zero attached hydrogens (tertiary/aromatic N) is 1. The second kappa shape index (κ2) is 5.71. The van der Waals surface area contributed by atoms with E-state index in [9.17, 15) is 13.2 Å². The van der Waals surface area contributed by atoms with Crippen molar-refractivity contribution in [2.45, 2.75) is 4.90 Å². The molecule has 0 fully saturated rings. The van der Waals surface area contributed by atoms with Crippen molar-refractivity contribution in [1.82, 2.24) is 4.98 Å². The van der Waals surface area contributed by atoms with Crippen LogP contribution in [0.4, 0.5) is 5.69 Å². The van der Waals surface area contributed by atoms with Gasteiger partial charge in [0.15, 0.2) is 0 Å². The number of rotatable bonds is 3. The molecule has 4 rings (SSSR count). The molecule has 0 spiro atoms. The average molecular weight is 352 g/mol. The number of nitrogens with one attached hydrogen (secondary N) is 1. The molecule has 0 aliphatic carbocycles. The number of fused-ring (bicyclic) bond motifs is 2. The molecule has 6 nitrogen and oxygen atoms in total. The molecule has 0 amide bonds. The number of aromatic nitrogens is 1. The Labute approximate surface area is 142 Å². The summed E-state index contributed by atoms with van der Waals surface area (Å²) >= 11 is 0. The second-order valence-corrected chi connectivity index (χ2v) is 7.12. The summed E-state index contributed by atoms with van der Waals surface area (Å²) in [7, 11) is -3.80. The largest absolute Gasteiger partial charge is 0.423 e. The van der Waals surface area contributed by atoms with Crippen LogP contribution in [0.2, 0.25) is 0 Å². The lowest BCUT2D eigenvalue weighted by Gasteiger charge is -2.10. The van der Waals surface area contributed by atoms with Crippen molar-refractivity contribution in [3.8, 4) is 0 Å². The highest BCUT2D eigenvalue weighted by molar-refractivity contribution is 7.93. The highest BCUT2D eigenvalue weighted by Crippen LogP contribution is 2.25. The Morgan fingerprint density at radius 2 is 1.84 bits per heavy atom. The summed E-state index contributed by atoms with van der Waals surface area (Å²) in [5.74, 6) is 0. The minimum Gasteiger partial charge on any atom is -0.423 e. The number of sulfonamides is 1. The molecule has 0 aliphatic rings. The Hall–Kier alpha value is -3.19. The molecule has 4 aromatic rings. The van der Waals surface area contributed by atoms with E-state index in [0.29, 0.717) is 22.0 Å². The zero-order valence-corrected chi connectivity index (χ0v) is 13.7. The Kier molecular flexibility index (Phi) is 3.51. The average Bonchev–Trinajstić information content (AvgIpc) is 2.61. The van der Waals surface area contributed by atoms with Crippen LogP contribution in [0, 0.1) is 0 Å². The van der Waals surface area contributed by atoms with E-state index in [1.54, 1.807) is 42.6 Å². The van der Waals surface area contributed by atoms with E-state index in [1.165, 1.54) is 18.3 Å². The third kappa shape index (κ3) is 2.85. The zero-order chi connectivity index (χ0) is 17.4. The molecule has 2 heterocycles. The normalized spacial score (nSPS) is 11.7. The first-order valence-electron chi connectivity index (χ1n) is 7.42. The topological polar surface area (TPSA) is 89.3 Å². The zero-order valence-electron chi connectivity index (χ0n) is 12.8. The Morgan fingerprint density at radius 3 is 2.72 bits per heavy atom. The highest BCUT2D eigenvalue weighted by atomic mass is 32.2. The van der Waals surface area contributed by atoms with Crippen LogP contribution in [0.15, 0.2) is 81.1 Å². The molecule has 0 radical (unpaired) electrons. The Morgan fingerprint density at radius 1 is 0.960 bits per heavy atom. The molecule has 0 bridgehead atoms. The van der Waals surface area contributed by atoms with Gasteiger partial charge in [-0.15, -0.1) is 0 Å². The molecule has 0 atom stereocenters. The van der Waals surface area contributed by atoms with Crippen molar-refractivity contribution in [2.24, 2.45) is 0 Å². The molecule has 0 saturated heterocycles. The van der Waals surface area contributed by atoms with Crippen LogP contribution in [-0.2, 0) is 10.0 Å². The molecule has 0 unspecified atom stereocenters. The fraction of sp³-hybridized carbons (Fsp3) is 0. The molecule has 1 N–H and O–H groups in total. The Balaban J connectivity index is 1.78. The van der Waals surface area contributed by atoms with E-state index < -0.39 is 15.6 Å². The smallest absolute Gasteiger partial charge is 0.336 e. The van der Waals surface area contributed by atoms with Gasteiger partial charge in [-0.2, -0.15) is 0 Å². The summed E-state index contributed by atoms with van der Waals surface area (Å²) in [4.78, 5) is 15.4. The summed E-state index contributed by atoms with van der Waals surface area (Å²) in [6.07, 6.45) is 3.14. The van der Waals surface area contributed by atoms with E-state index in [4.69, 9.17) is 4.42 Å². The molecule has 2 aromatic carbocycles. The summed E-state index contributed by atoms with van der Waals surface area (Å²) in [6, 6.07) is 14.4. The maximum absolute atomic E-state index is 12.8. The second-order valence-electron chi connectivity index (χ2n) is 5.47. The summed E-state index contributed by atoms with van der Waals surface area (Å²) in [6.45, 7) is 0. The molecule has 0 saturated carbocycles. The van der Waals surface area contributed by atoms with Gasteiger partial charge in [0.25, 0.3) is 10.0 Å². The predicted molar refractivity (Wildman–Crippen MR) is 95.0 cm³/mol.